The van der Waals surface area contributed by atoms with E-state index in [2.05, 4.69) is 6.92 Å². The van der Waals surface area contributed by atoms with Gasteiger partial charge in [0.25, 0.3) is 0 Å². The first kappa shape index (κ1) is 13.6. The molecule has 0 spiro atoms. The molecule has 0 saturated carbocycles. The molecule has 0 aromatic heterocycles. The van der Waals surface area contributed by atoms with Gasteiger partial charge in [-0.1, -0.05) is 19.4 Å². The van der Waals surface area contributed by atoms with E-state index in [9.17, 15) is 9.59 Å². The molecule has 0 rings (SSSR count). The second-order valence-electron chi connectivity index (χ2n) is 3.30. The number of amides is 1. The first-order valence-corrected chi connectivity index (χ1v) is 4.96. The van der Waals surface area contributed by atoms with Crippen LogP contribution in [0.25, 0.3) is 0 Å². The summed E-state index contributed by atoms with van der Waals surface area (Å²) in [5.41, 5.74) is 5.08. The van der Waals surface area contributed by atoms with Gasteiger partial charge >= 0.3 is 5.97 Å². The van der Waals surface area contributed by atoms with Gasteiger partial charge in [-0.05, 0) is 13.0 Å². The van der Waals surface area contributed by atoms with E-state index in [0.717, 1.165) is 25.5 Å². The second kappa shape index (κ2) is 7.99. The Balaban J connectivity index is 3.99. The summed E-state index contributed by atoms with van der Waals surface area (Å²) < 4.78 is 0. The SMILES string of the molecule is CCCCN(CC=CC(=O)O)CC(N)=O. The number of nitrogens with zero attached hydrogens (tertiary/aromatic N) is 1. The van der Waals surface area contributed by atoms with Gasteiger partial charge < -0.3 is 10.8 Å². The van der Waals surface area contributed by atoms with E-state index in [0.29, 0.717) is 6.54 Å². The number of carbonyl (C=O) groups is 2. The number of nitrogens with two attached hydrogens (primary N) is 1. The Morgan fingerprint density at radius 2 is 2.13 bits per heavy atom. The molecule has 0 bridgehead atoms. The fourth-order valence-corrected chi connectivity index (χ4v) is 1.14. The molecule has 0 aliphatic rings. The summed E-state index contributed by atoms with van der Waals surface area (Å²) in [6, 6.07) is 0. The lowest BCUT2D eigenvalue weighted by Crippen LogP contribution is -2.34. The van der Waals surface area contributed by atoms with Crippen molar-refractivity contribution in [2.45, 2.75) is 19.8 Å². The Morgan fingerprint density at radius 3 is 2.60 bits per heavy atom. The number of primary amides is 1. The van der Waals surface area contributed by atoms with Gasteiger partial charge in [0.2, 0.25) is 5.91 Å². The van der Waals surface area contributed by atoms with Crippen LogP contribution in [-0.4, -0.2) is 41.5 Å². The van der Waals surface area contributed by atoms with Crippen LogP contribution in [0.1, 0.15) is 19.8 Å². The summed E-state index contributed by atoms with van der Waals surface area (Å²) in [4.78, 5) is 22.8. The van der Waals surface area contributed by atoms with Crippen molar-refractivity contribution in [2.75, 3.05) is 19.6 Å². The zero-order valence-corrected chi connectivity index (χ0v) is 8.98. The molecule has 5 heteroatoms. The lowest BCUT2D eigenvalue weighted by molar-refractivity contribution is -0.131. The number of hydrogen-bond donors (Lipinski definition) is 2. The van der Waals surface area contributed by atoms with Crippen molar-refractivity contribution in [3.05, 3.63) is 12.2 Å². The molecule has 0 radical (unpaired) electrons. The Kier molecular flexibility index (Phi) is 7.27. The summed E-state index contributed by atoms with van der Waals surface area (Å²) in [6.45, 7) is 3.41. The van der Waals surface area contributed by atoms with Crippen LogP contribution in [0.3, 0.4) is 0 Å². The van der Waals surface area contributed by atoms with Crippen molar-refractivity contribution in [2.24, 2.45) is 5.73 Å². The van der Waals surface area contributed by atoms with Gasteiger partial charge in [0.05, 0.1) is 6.54 Å². The molecule has 0 unspecified atom stereocenters. The highest BCUT2D eigenvalue weighted by Crippen LogP contribution is 1.95. The molecule has 0 saturated heterocycles. The molecule has 5 nitrogen and oxygen atoms in total. The molecule has 0 atom stereocenters. The van der Waals surface area contributed by atoms with Crippen molar-refractivity contribution < 1.29 is 14.7 Å². The minimum Gasteiger partial charge on any atom is -0.478 e. The normalized spacial score (nSPS) is 11.1. The Bertz CT molecular complexity index is 239. The van der Waals surface area contributed by atoms with Gasteiger partial charge in [-0.25, -0.2) is 4.79 Å². The fraction of sp³-hybridized carbons (Fsp3) is 0.600. The number of carboxylic acids is 1. The van der Waals surface area contributed by atoms with Crippen molar-refractivity contribution in [3.8, 4) is 0 Å². The quantitative estimate of drug-likeness (QED) is 0.566. The first-order chi connectivity index (χ1) is 7.06. The van der Waals surface area contributed by atoms with Gasteiger partial charge in [-0.2, -0.15) is 0 Å². The van der Waals surface area contributed by atoms with Gasteiger partial charge in [0, 0.05) is 12.6 Å². The van der Waals surface area contributed by atoms with E-state index in [1.165, 1.54) is 6.08 Å². The van der Waals surface area contributed by atoms with Crippen LogP contribution >= 0.6 is 0 Å². The largest absolute Gasteiger partial charge is 0.478 e. The van der Waals surface area contributed by atoms with Crippen LogP contribution in [-0.2, 0) is 9.59 Å². The summed E-state index contributed by atoms with van der Waals surface area (Å²) in [5.74, 6) is -1.38. The highest BCUT2D eigenvalue weighted by molar-refractivity contribution is 5.79. The average molecular weight is 214 g/mol. The Morgan fingerprint density at radius 1 is 1.47 bits per heavy atom. The van der Waals surface area contributed by atoms with E-state index in [1.807, 2.05) is 4.90 Å². The predicted molar refractivity (Wildman–Crippen MR) is 57.3 cm³/mol. The van der Waals surface area contributed by atoms with Crippen molar-refractivity contribution in [1.82, 2.24) is 4.90 Å². The zero-order chi connectivity index (χ0) is 11.7. The fourth-order valence-electron chi connectivity index (χ4n) is 1.14. The van der Waals surface area contributed by atoms with Gasteiger partial charge in [-0.3, -0.25) is 9.69 Å². The molecule has 3 N–H and O–H groups in total. The van der Waals surface area contributed by atoms with Crippen LogP contribution in [0.4, 0.5) is 0 Å². The molecule has 0 aromatic carbocycles. The number of aliphatic carboxylic acids is 1. The molecule has 0 aliphatic heterocycles. The number of carbonyl (C=O) groups excluding carboxylic acids is 1. The van der Waals surface area contributed by atoms with Crippen molar-refractivity contribution in [3.63, 3.8) is 0 Å². The number of carboxylic acid groups (broad SMARTS) is 1. The van der Waals surface area contributed by atoms with Gasteiger partial charge in [0.15, 0.2) is 0 Å². The van der Waals surface area contributed by atoms with E-state index in [-0.39, 0.29) is 6.54 Å². The lowest BCUT2D eigenvalue weighted by Gasteiger charge is -2.17. The third-order valence-electron chi connectivity index (χ3n) is 1.83. The summed E-state index contributed by atoms with van der Waals surface area (Å²) >= 11 is 0. The van der Waals surface area contributed by atoms with E-state index in [4.69, 9.17) is 10.8 Å². The topological polar surface area (TPSA) is 83.6 Å². The predicted octanol–water partition coefficient (Wildman–Crippen LogP) is 0.215. The summed E-state index contributed by atoms with van der Waals surface area (Å²) in [6.07, 6.45) is 4.58. The van der Waals surface area contributed by atoms with Crippen LogP contribution in [0, 0.1) is 0 Å². The number of rotatable bonds is 8. The maximum absolute atomic E-state index is 10.7. The third kappa shape index (κ3) is 8.96. The molecule has 0 aliphatic carbocycles. The summed E-state index contributed by atoms with van der Waals surface area (Å²) in [7, 11) is 0. The van der Waals surface area contributed by atoms with Crippen LogP contribution in [0.15, 0.2) is 12.2 Å². The maximum atomic E-state index is 10.7. The molecular weight excluding hydrogens is 196 g/mol. The third-order valence-corrected chi connectivity index (χ3v) is 1.83. The standard InChI is InChI=1S/C10H18N2O3/c1-2-3-6-12(8-9(11)13)7-4-5-10(14)15/h4-5H,2-3,6-8H2,1H3,(H2,11,13)(H,14,15). The second-order valence-corrected chi connectivity index (χ2v) is 3.30. The van der Waals surface area contributed by atoms with Gasteiger partial charge in [0.1, 0.15) is 0 Å². The van der Waals surface area contributed by atoms with E-state index < -0.39 is 11.9 Å². The minimum absolute atomic E-state index is 0.171. The van der Waals surface area contributed by atoms with Crippen LogP contribution in [0.5, 0.6) is 0 Å². The zero-order valence-electron chi connectivity index (χ0n) is 8.98. The lowest BCUT2D eigenvalue weighted by atomic mass is 10.3. The van der Waals surface area contributed by atoms with Gasteiger partial charge in [-0.15, -0.1) is 0 Å². The highest BCUT2D eigenvalue weighted by atomic mass is 16.4. The Labute approximate surface area is 89.6 Å². The van der Waals surface area contributed by atoms with E-state index >= 15 is 0 Å². The monoisotopic (exact) mass is 214 g/mol. The van der Waals surface area contributed by atoms with Crippen molar-refractivity contribution >= 4 is 11.9 Å². The molecule has 0 aromatic rings. The maximum Gasteiger partial charge on any atom is 0.328 e. The first-order valence-electron chi connectivity index (χ1n) is 4.96. The average Bonchev–Trinajstić information content (AvgIpc) is 2.12. The number of unbranched alkanes of at least 4 members (excludes halogenated alkanes) is 1. The highest BCUT2D eigenvalue weighted by Gasteiger charge is 2.05. The Hall–Kier alpha value is -1.36. The molecule has 1 amide bonds. The molecule has 0 heterocycles. The molecule has 86 valence electrons. The van der Waals surface area contributed by atoms with Crippen LogP contribution in [0.2, 0.25) is 0 Å². The minimum atomic E-state index is -0.982. The molecule has 0 fully saturated rings. The van der Waals surface area contributed by atoms with Crippen LogP contribution < -0.4 is 5.73 Å². The molecule has 15 heavy (non-hydrogen) atoms. The molecular formula is C10H18N2O3. The number of hydrogen-bond acceptors (Lipinski definition) is 3. The van der Waals surface area contributed by atoms with E-state index in [1.54, 1.807) is 0 Å². The smallest absolute Gasteiger partial charge is 0.328 e. The van der Waals surface area contributed by atoms with Crippen molar-refractivity contribution in [1.29, 1.82) is 0 Å². The summed E-state index contributed by atoms with van der Waals surface area (Å²) in [5, 5.41) is 8.39.